The fourth-order valence-corrected chi connectivity index (χ4v) is 3.08. The highest BCUT2D eigenvalue weighted by molar-refractivity contribution is 6.30. The number of rotatable bonds is 4. The van der Waals surface area contributed by atoms with Crippen LogP contribution in [0.4, 0.5) is 17.6 Å². The largest absolute Gasteiger partial charge is 0.416 e. The first kappa shape index (κ1) is 20.5. The second-order valence-electron chi connectivity index (χ2n) is 5.41. The lowest BCUT2D eigenvalue weighted by atomic mass is 9.94. The summed E-state index contributed by atoms with van der Waals surface area (Å²) in [7, 11) is 0. The molecule has 1 aliphatic rings. The van der Waals surface area contributed by atoms with Crippen LogP contribution in [0.5, 0.6) is 0 Å². The van der Waals surface area contributed by atoms with Gasteiger partial charge in [0.2, 0.25) is 0 Å². The molecular formula is C15H20Cl2F4N2. The van der Waals surface area contributed by atoms with Crippen molar-refractivity contribution in [2.45, 2.75) is 32.0 Å². The molecule has 0 bridgehead atoms. The molecule has 1 saturated heterocycles. The van der Waals surface area contributed by atoms with Crippen LogP contribution in [0.25, 0.3) is 0 Å². The minimum absolute atomic E-state index is 0. The Hall–Kier alpha value is -0.560. The van der Waals surface area contributed by atoms with E-state index < -0.39 is 23.6 Å². The molecule has 0 spiro atoms. The van der Waals surface area contributed by atoms with Crippen LogP contribution in [0.15, 0.2) is 12.1 Å². The molecule has 0 aromatic heterocycles. The van der Waals surface area contributed by atoms with Crippen molar-refractivity contribution in [2.24, 2.45) is 0 Å². The van der Waals surface area contributed by atoms with Gasteiger partial charge in [0.15, 0.2) is 0 Å². The van der Waals surface area contributed by atoms with Gasteiger partial charge in [-0.05, 0) is 18.6 Å². The van der Waals surface area contributed by atoms with Crippen LogP contribution in [0.1, 0.15) is 36.9 Å². The summed E-state index contributed by atoms with van der Waals surface area (Å²) < 4.78 is 54.3. The Morgan fingerprint density at radius 3 is 2.39 bits per heavy atom. The van der Waals surface area contributed by atoms with Crippen molar-refractivity contribution in [2.75, 3.05) is 26.2 Å². The second-order valence-corrected chi connectivity index (χ2v) is 5.82. The third-order valence-corrected chi connectivity index (χ3v) is 4.22. The van der Waals surface area contributed by atoms with E-state index in [2.05, 4.69) is 5.32 Å². The number of hydrogen-bond donors (Lipinski definition) is 1. The first-order valence-corrected chi connectivity index (χ1v) is 7.74. The van der Waals surface area contributed by atoms with Crippen LogP contribution >= 0.6 is 24.0 Å². The van der Waals surface area contributed by atoms with Crippen molar-refractivity contribution in [1.82, 2.24) is 10.2 Å². The van der Waals surface area contributed by atoms with Gasteiger partial charge in [0.25, 0.3) is 0 Å². The van der Waals surface area contributed by atoms with E-state index in [0.29, 0.717) is 39.0 Å². The van der Waals surface area contributed by atoms with Gasteiger partial charge in [0.1, 0.15) is 5.82 Å². The van der Waals surface area contributed by atoms with Crippen LogP contribution in [-0.2, 0) is 6.18 Å². The molecule has 1 heterocycles. The van der Waals surface area contributed by atoms with Crippen molar-refractivity contribution < 1.29 is 17.6 Å². The lowest BCUT2D eigenvalue weighted by Crippen LogP contribution is -2.45. The van der Waals surface area contributed by atoms with E-state index in [9.17, 15) is 17.6 Å². The summed E-state index contributed by atoms with van der Waals surface area (Å²) in [5.74, 6) is -0.950. The second kappa shape index (κ2) is 8.51. The molecule has 8 heteroatoms. The van der Waals surface area contributed by atoms with Gasteiger partial charge in [-0.1, -0.05) is 24.9 Å². The Morgan fingerprint density at radius 1 is 1.26 bits per heavy atom. The average molecular weight is 375 g/mol. The summed E-state index contributed by atoms with van der Waals surface area (Å²) in [5.41, 5.74) is -1.24. The van der Waals surface area contributed by atoms with Crippen LogP contribution in [0.3, 0.4) is 0 Å². The monoisotopic (exact) mass is 374 g/mol. The lowest BCUT2D eigenvalue weighted by Gasteiger charge is -2.36. The Balaban J connectivity index is 0.00000264. The van der Waals surface area contributed by atoms with E-state index in [1.807, 2.05) is 11.8 Å². The molecule has 0 amide bonds. The molecular weight excluding hydrogens is 355 g/mol. The quantitative estimate of drug-likeness (QED) is 0.770. The van der Waals surface area contributed by atoms with Crippen molar-refractivity contribution in [3.05, 3.63) is 34.1 Å². The van der Waals surface area contributed by atoms with Crippen LogP contribution in [0, 0.1) is 5.82 Å². The van der Waals surface area contributed by atoms with Gasteiger partial charge in [0.05, 0.1) is 10.6 Å². The van der Waals surface area contributed by atoms with Gasteiger partial charge in [-0.2, -0.15) is 13.2 Å². The zero-order valence-corrected chi connectivity index (χ0v) is 14.3. The maximum absolute atomic E-state index is 14.4. The fraction of sp³-hybridized carbons (Fsp3) is 0.600. The van der Waals surface area contributed by atoms with Gasteiger partial charge >= 0.3 is 6.18 Å². The van der Waals surface area contributed by atoms with E-state index in [1.54, 1.807) is 0 Å². The molecule has 1 aromatic rings. The predicted molar refractivity (Wildman–Crippen MR) is 85.8 cm³/mol. The third-order valence-electron chi connectivity index (χ3n) is 3.93. The highest BCUT2D eigenvalue weighted by Gasteiger charge is 2.39. The van der Waals surface area contributed by atoms with E-state index in [0.717, 1.165) is 12.1 Å². The van der Waals surface area contributed by atoms with Gasteiger partial charge in [0, 0.05) is 37.8 Å². The van der Waals surface area contributed by atoms with Crippen molar-refractivity contribution in [1.29, 1.82) is 0 Å². The molecule has 2 rings (SSSR count). The molecule has 1 aromatic carbocycles. The lowest BCUT2D eigenvalue weighted by molar-refractivity contribution is -0.139. The van der Waals surface area contributed by atoms with Crippen molar-refractivity contribution in [3.63, 3.8) is 0 Å². The Kier molecular flexibility index (Phi) is 7.58. The molecule has 1 N–H and O–H groups in total. The van der Waals surface area contributed by atoms with Gasteiger partial charge < -0.3 is 5.32 Å². The number of benzene rings is 1. The minimum Gasteiger partial charge on any atom is -0.314 e. The minimum atomic E-state index is -4.60. The number of piperazine rings is 1. The summed E-state index contributed by atoms with van der Waals surface area (Å²) in [5, 5.41) is 2.89. The Labute approximate surface area is 144 Å². The molecule has 0 aliphatic carbocycles. The van der Waals surface area contributed by atoms with E-state index >= 15 is 0 Å². The predicted octanol–water partition coefficient (Wildman–Crippen LogP) is 4.67. The standard InChI is InChI=1S/C15H19ClF4N2.ClH/c1-2-3-12(22-8-6-21-7-9-22)13-10(15(18,19)20)4-5-11(16)14(13)17;/h4-5,12,21H,2-3,6-9H2,1H3;1H/t12-;/m1./s1. The molecule has 23 heavy (non-hydrogen) atoms. The number of alkyl halides is 3. The number of nitrogens with zero attached hydrogens (tertiary/aromatic N) is 1. The summed E-state index contributed by atoms with van der Waals surface area (Å²) in [4.78, 5) is 1.91. The molecule has 1 atom stereocenters. The smallest absolute Gasteiger partial charge is 0.314 e. The van der Waals surface area contributed by atoms with Gasteiger partial charge in [-0.15, -0.1) is 12.4 Å². The summed E-state index contributed by atoms with van der Waals surface area (Å²) in [6, 6.07) is 1.25. The molecule has 0 unspecified atom stereocenters. The molecule has 0 saturated carbocycles. The third kappa shape index (κ3) is 4.72. The molecule has 0 radical (unpaired) electrons. The first-order chi connectivity index (χ1) is 10.4. The summed E-state index contributed by atoms with van der Waals surface area (Å²) in [6.45, 7) is 4.43. The zero-order valence-electron chi connectivity index (χ0n) is 12.7. The SMILES string of the molecule is CCC[C@H](c1c(C(F)(F)F)ccc(Cl)c1F)N1CCNCC1.Cl. The van der Waals surface area contributed by atoms with Crippen LogP contribution < -0.4 is 5.32 Å². The van der Waals surface area contributed by atoms with Gasteiger partial charge in [-0.3, -0.25) is 4.90 Å². The van der Waals surface area contributed by atoms with E-state index in [1.165, 1.54) is 0 Å². The van der Waals surface area contributed by atoms with E-state index in [-0.39, 0.29) is 23.0 Å². The molecule has 1 fully saturated rings. The molecule has 1 aliphatic heterocycles. The van der Waals surface area contributed by atoms with Crippen molar-refractivity contribution >= 4 is 24.0 Å². The molecule has 2 nitrogen and oxygen atoms in total. The highest BCUT2D eigenvalue weighted by atomic mass is 35.5. The summed E-state index contributed by atoms with van der Waals surface area (Å²) in [6.07, 6.45) is -3.47. The normalized spacial score (nSPS) is 17.7. The number of halogens is 6. The molecule has 132 valence electrons. The summed E-state index contributed by atoms with van der Waals surface area (Å²) >= 11 is 5.75. The topological polar surface area (TPSA) is 15.3 Å². The van der Waals surface area contributed by atoms with Crippen LogP contribution in [0.2, 0.25) is 5.02 Å². The van der Waals surface area contributed by atoms with Gasteiger partial charge in [-0.25, -0.2) is 4.39 Å². The number of nitrogens with one attached hydrogen (secondary N) is 1. The van der Waals surface area contributed by atoms with E-state index in [4.69, 9.17) is 11.6 Å². The average Bonchev–Trinajstić information content (AvgIpc) is 2.47. The zero-order chi connectivity index (χ0) is 16.3. The fourth-order valence-electron chi connectivity index (χ4n) is 2.92. The van der Waals surface area contributed by atoms with Crippen LogP contribution in [-0.4, -0.2) is 31.1 Å². The maximum atomic E-state index is 14.4. The first-order valence-electron chi connectivity index (χ1n) is 7.36. The Bertz CT molecular complexity index is 517. The number of hydrogen-bond acceptors (Lipinski definition) is 2. The van der Waals surface area contributed by atoms with Crippen molar-refractivity contribution in [3.8, 4) is 0 Å². The Morgan fingerprint density at radius 2 is 1.87 bits per heavy atom. The maximum Gasteiger partial charge on any atom is 0.416 e. The highest BCUT2D eigenvalue weighted by Crippen LogP contribution is 2.41.